The van der Waals surface area contributed by atoms with Gasteiger partial charge in [0.25, 0.3) is 0 Å². The molecule has 1 aromatic carbocycles. The van der Waals surface area contributed by atoms with Gasteiger partial charge in [0.05, 0.1) is 30.5 Å². The van der Waals surface area contributed by atoms with Crippen molar-refractivity contribution in [1.29, 1.82) is 0 Å². The maximum absolute atomic E-state index is 13.0. The largest absolute Gasteiger partial charge is 0.497 e. The highest BCUT2D eigenvalue weighted by atomic mass is 16.5. The third-order valence-corrected chi connectivity index (χ3v) is 5.51. The van der Waals surface area contributed by atoms with Gasteiger partial charge in [-0.2, -0.15) is 0 Å². The minimum atomic E-state index is 0.132. The number of amides is 1. The molecule has 1 saturated heterocycles. The van der Waals surface area contributed by atoms with Gasteiger partial charge in [-0.25, -0.2) is 9.97 Å². The molecule has 0 spiro atoms. The van der Waals surface area contributed by atoms with Gasteiger partial charge in [-0.05, 0) is 44.4 Å². The molecule has 1 atom stereocenters. The third kappa shape index (κ3) is 4.35. The number of carbonyl (C=O) groups excluding carboxylic acids is 1. The Labute approximate surface area is 176 Å². The predicted octanol–water partition coefficient (Wildman–Crippen LogP) is 3.71. The second-order valence-corrected chi connectivity index (χ2v) is 7.75. The van der Waals surface area contributed by atoms with Crippen LogP contribution in [0.25, 0.3) is 11.3 Å². The lowest BCUT2D eigenvalue weighted by molar-refractivity contribution is -0.131. The lowest BCUT2D eigenvalue weighted by Crippen LogP contribution is -2.40. The minimum Gasteiger partial charge on any atom is -0.497 e. The van der Waals surface area contributed by atoms with Crippen molar-refractivity contribution in [2.75, 3.05) is 20.2 Å². The van der Waals surface area contributed by atoms with Crippen LogP contribution >= 0.6 is 0 Å². The van der Waals surface area contributed by atoms with Gasteiger partial charge in [0.15, 0.2) is 5.76 Å². The predicted molar refractivity (Wildman–Crippen MR) is 112 cm³/mol. The molecule has 3 aromatic rings. The van der Waals surface area contributed by atoms with Crippen LogP contribution in [0.5, 0.6) is 5.75 Å². The zero-order valence-corrected chi connectivity index (χ0v) is 17.6. The number of benzene rings is 1. The maximum Gasteiger partial charge on any atom is 0.227 e. The van der Waals surface area contributed by atoms with Crippen LogP contribution in [0, 0.1) is 13.8 Å². The van der Waals surface area contributed by atoms with Crippen molar-refractivity contribution >= 4 is 5.91 Å². The smallest absolute Gasteiger partial charge is 0.227 e. The van der Waals surface area contributed by atoms with E-state index in [2.05, 4.69) is 10.1 Å². The molecule has 1 aliphatic rings. The summed E-state index contributed by atoms with van der Waals surface area (Å²) in [6, 6.07) is 9.55. The second kappa shape index (κ2) is 8.65. The van der Waals surface area contributed by atoms with Crippen LogP contribution in [-0.2, 0) is 11.2 Å². The Morgan fingerprint density at radius 2 is 2.07 bits per heavy atom. The molecular formula is C23H26N4O3. The number of hydrogen-bond acceptors (Lipinski definition) is 6. The van der Waals surface area contributed by atoms with E-state index < -0.39 is 0 Å². The second-order valence-electron chi connectivity index (χ2n) is 7.75. The number of aryl methyl sites for hydroxylation is 2. The molecule has 1 fully saturated rings. The summed E-state index contributed by atoms with van der Waals surface area (Å²) in [6.07, 6.45) is 4.10. The third-order valence-electron chi connectivity index (χ3n) is 5.51. The molecule has 4 rings (SSSR count). The number of rotatable bonds is 5. The number of hydrogen-bond donors (Lipinski definition) is 0. The standard InChI is InChI=1S/C23H26N4O3/c1-15-11-21(30-26-15)20-13-24-16(2)25-23(20)18-5-4-10-27(14-18)22(28)12-17-6-8-19(29-3)9-7-17/h6-9,11,13,18H,4-5,10,12,14H2,1-3H3/t18-/m0/s1. The Hall–Kier alpha value is -3.22. The SMILES string of the molecule is COc1ccc(CC(=O)N2CCC[C@H](c3nc(C)ncc3-c3cc(C)no3)C2)cc1. The fourth-order valence-corrected chi connectivity index (χ4v) is 3.94. The van der Waals surface area contributed by atoms with Crippen molar-refractivity contribution in [3.8, 4) is 17.1 Å². The highest BCUT2D eigenvalue weighted by molar-refractivity contribution is 5.79. The summed E-state index contributed by atoms with van der Waals surface area (Å²) in [7, 11) is 1.64. The summed E-state index contributed by atoms with van der Waals surface area (Å²) >= 11 is 0. The molecule has 2 aromatic heterocycles. The van der Waals surface area contributed by atoms with Gasteiger partial charge >= 0.3 is 0 Å². The van der Waals surface area contributed by atoms with E-state index in [0.29, 0.717) is 24.6 Å². The van der Waals surface area contributed by atoms with E-state index in [-0.39, 0.29) is 11.8 Å². The van der Waals surface area contributed by atoms with Crippen molar-refractivity contribution < 1.29 is 14.1 Å². The van der Waals surface area contributed by atoms with Crippen LogP contribution in [0.15, 0.2) is 41.1 Å². The van der Waals surface area contributed by atoms with Gasteiger partial charge in [-0.1, -0.05) is 17.3 Å². The topological polar surface area (TPSA) is 81.4 Å². The monoisotopic (exact) mass is 406 g/mol. The van der Waals surface area contributed by atoms with Gasteiger partial charge in [0, 0.05) is 31.3 Å². The van der Waals surface area contributed by atoms with Crippen LogP contribution in [0.3, 0.4) is 0 Å². The van der Waals surface area contributed by atoms with Gasteiger partial charge in [-0.15, -0.1) is 0 Å². The molecule has 0 N–H and O–H groups in total. The zero-order valence-electron chi connectivity index (χ0n) is 17.6. The van der Waals surface area contributed by atoms with Crippen LogP contribution in [0.1, 0.15) is 41.5 Å². The Morgan fingerprint density at radius 3 is 2.77 bits per heavy atom. The van der Waals surface area contributed by atoms with E-state index >= 15 is 0 Å². The summed E-state index contributed by atoms with van der Waals surface area (Å²) in [4.78, 5) is 24.0. The van der Waals surface area contributed by atoms with Crippen LogP contribution < -0.4 is 4.74 Å². The first-order valence-corrected chi connectivity index (χ1v) is 10.2. The molecule has 30 heavy (non-hydrogen) atoms. The Balaban J connectivity index is 1.52. The van der Waals surface area contributed by atoms with E-state index in [1.165, 1.54) is 0 Å². The molecule has 7 nitrogen and oxygen atoms in total. The summed E-state index contributed by atoms with van der Waals surface area (Å²) in [5, 5.41) is 4.00. The van der Waals surface area contributed by atoms with Crippen LogP contribution in [-0.4, -0.2) is 46.1 Å². The molecule has 0 bridgehead atoms. The van der Waals surface area contributed by atoms with E-state index in [0.717, 1.165) is 47.7 Å². The van der Waals surface area contributed by atoms with Crippen LogP contribution in [0.2, 0.25) is 0 Å². The number of aromatic nitrogens is 3. The average Bonchev–Trinajstić information content (AvgIpc) is 3.20. The normalized spacial score (nSPS) is 16.5. The average molecular weight is 406 g/mol. The van der Waals surface area contributed by atoms with E-state index in [1.54, 1.807) is 13.3 Å². The minimum absolute atomic E-state index is 0.132. The van der Waals surface area contributed by atoms with Crippen molar-refractivity contribution in [2.45, 2.75) is 39.0 Å². The number of ether oxygens (including phenoxy) is 1. The number of carbonyl (C=O) groups is 1. The lowest BCUT2D eigenvalue weighted by Gasteiger charge is -2.33. The fourth-order valence-electron chi connectivity index (χ4n) is 3.94. The summed E-state index contributed by atoms with van der Waals surface area (Å²) < 4.78 is 10.7. The van der Waals surface area contributed by atoms with Gasteiger partial charge in [-0.3, -0.25) is 4.79 Å². The molecule has 0 radical (unpaired) electrons. The Bertz CT molecular complexity index is 1030. The fraction of sp³-hybridized carbons (Fsp3) is 0.391. The molecular weight excluding hydrogens is 380 g/mol. The molecule has 0 unspecified atom stereocenters. The molecule has 0 aliphatic carbocycles. The highest BCUT2D eigenvalue weighted by Gasteiger charge is 2.28. The number of likely N-dealkylation sites (tertiary alicyclic amines) is 1. The maximum atomic E-state index is 13.0. The number of piperidine rings is 1. The number of methoxy groups -OCH3 is 1. The summed E-state index contributed by atoms with van der Waals surface area (Å²) in [5.74, 6) is 2.45. The van der Waals surface area contributed by atoms with E-state index in [9.17, 15) is 4.79 Å². The molecule has 1 amide bonds. The first-order chi connectivity index (χ1) is 14.5. The van der Waals surface area contributed by atoms with E-state index in [1.807, 2.05) is 49.1 Å². The van der Waals surface area contributed by atoms with Gasteiger partial charge in [0.2, 0.25) is 5.91 Å². The molecule has 7 heteroatoms. The van der Waals surface area contributed by atoms with Gasteiger partial charge in [0.1, 0.15) is 11.6 Å². The zero-order chi connectivity index (χ0) is 21.1. The Kier molecular flexibility index (Phi) is 5.79. The van der Waals surface area contributed by atoms with Crippen LogP contribution in [0.4, 0.5) is 0 Å². The quantitative estimate of drug-likeness (QED) is 0.643. The van der Waals surface area contributed by atoms with Crippen molar-refractivity contribution in [3.63, 3.8) is 0 Å². The molecule has 156 valence electrons. The number of nitrogens with zero attached hydrogens (tertiary/aromatic N) is 4. The van der Waals surface area contributed by atoms with Crippen molar-refractivity contribution in [3.05, 3.63) is 59.3 Å². The van der Waals surface area contributed by atoms with Gasteiger partial charge < -0.3 is 14.2 Å². The first kappa shape index (κ1) is 20.1. The van der Waals surface area contributed by atoms with E-state index in [4.69, 9.17) is 14.2 Å². The molecule has 3 heterocycles. The lowest BCUT2D eigenvalue weighted by atomic mass is 9.91. The molecule has 1 aliphatic heterocycles. The van der Waals surface area contributed by atoms with Crippen molar-refractivity contribution in [1.82, 2.24) is 20.0 Å². The van der Waals surface area contributed by atoms with Crippen molar-refractivity contribution in [2.24, 2.45) is 0 Å². The Morgan fingerprint density at radius 1 is 1.27 bits per heavy atom. The first-order valence-electron chi connectivity index (χ1n) is 10.2. The summed E-state index contributed by atoms with van der Waals surface area (Å²) in [6.45, 7) is 5.19. The summed E-state index contributed by atoms with van der Waals surface area (Å²) in [5.41, 5.74) is 3.59. The highest BCUT2D eigenvalue weighted by Crippen LogP contribution is 2.33. The molecule has 0 saturated carbocycles.